The monoisotopic (exact) mass is 239 g/mol. The summed E-state index contributed by atoms with van der Waals surface area (Å²) in [5.41, 5.74) is 0.670. The van der Waals surface area contributed by atoms with Gasteiger partial charge >= 0.3 is 0 Å². The Balaban J connectivity index is 2.56. The van der Waals surface area contributed by atoms with Gasteiger partial charge in [0, 0.05) is 10.6 Å². The Morgan fingerprint density at radius 3 is 2.88 bits per heavy atom. The first-order chi connectivity index (χ1) is 7.65. The predicted molar refractivity (Wildman–Crippen MR) is 68.2 cm³/mol. The van der Waals surface area contributed by atoms with E-state index in [0.29, 0.717) is 10.6 Å². The number of unbranched alkanes of at least 4 members (excludes halogenated alkanes) is 1. The number of Topliss-reactive ketones (excluding diaryl/α,β-unsaturated/α-hetero) is 1. The Labute approximate surface area is 102 Å². The van der Waals surface area contributed by atoms with Crippen molar-refractivity contribution in [2.75, 3.05) is 6.54 Å². The van der Waals surface area contributed by atoms with E-state index in [1.54, 1.807) is 24.3 Å². The van der Waals surface area contributed by atoms with Crippen molar-refractivity contribution >= 4 is 17.4 Å². The molecule has 0 aromatic heterocycles. The van der Waals surface area contributed by atoms with Gasteiger partial charge in [0.25, 0.3) is 0 Å². The van der Waals surface area contributed by atoms with Crippen LogP contribution in [-0.2, 0) is 0 Å². The Hall–Kier alpha value is -0.860. The molecule has 0 saturated carbocycles. The van der Waals surface area contributed by atoms with Gasteiger partial charge < -0.3 is 5.32 Å². The standard InChI is InChI=1S/C13H18ClNO/c1-3-4-8-15-10(2)13(16)11-6-5-7-12(14)9-11/h5-7,9-10,15H,3-4,8H2,1-2H3. The molecule has 1 aromatic rings. The number of ketones is 1. The van der Waals surface area contributed by atoms with Crippen LogP contribution < -0.4 is 5.32 Å². The quantitative estimate of drug-likeness (QED) is 0.610. The fourth-order valence-corrected chi connectivity index (χ4v) is 1.67. The van der Waals surface area contributed by atoms with Crippen LogP contribution in [0.25, 0.3) is 0 Å². The third-order valence-electron chi connectivity index (χ3n) is 2.48. The number of carbonyl (C=O) groups excluding carboxylic acids is 1. The molecule has 0 aliphatic rings. The topological polar surface area (TPSA) is 29.1 Å². The van der Waals surface area contributed by atoms with E-state index in [9.17, 15) is 4.79 Å². The Bertz CT molecular complexity index is 352. The van der Waals surface area contributed by atoms with E-state index in [1.165, 1.54) is 0 Å². The van der Waals surface area contributed by atoms with Gasteiger partial charge in [-0.3, -0.25) is 4.79 Å². The first kappa shape index (κ1) is 13.2. The van der Waals surface area contributed by atoms with Gasteiger partial charge in [-0.25, -0.2) is 0 Å². The van der Waals surface area contributed by atoms with Gasteiger partial charge in [0.2, 0.25) is 0 Å². The molecule has 1 aromatic carbocycles. The number of hydrogen-bond donors (Lipinski definition) is 1. The van der Waals surface area contributed by atoms with E-state index in [2.05, 4.69) is 12.2 Å². The summed E-state index contributed by atoms with van der Waals surface area (Å²) in [5.74, 6) is 0.0959. The summed E-state index contributed by atoms with van der Waals surface area (Å²) < 4.78 is 0. The van der Waals surface area contributed by atoms with Crippen molar-refractivity contribution < 1.29 is 4.79 Å². The third-order valence-corrected chi connectivity index (χ3v) is 2.72. The van der Waals surface area contributed by atoms with Gasteiger partial charge in [-0.1, -0.05) is 37.1 Å². The minimum absolute atomic E-state index is 0.0959. The third kappa shape index (κ3) is 3.95. The van der Waals surface area contributed by atoms with Crippen molar-refractivity contribution in [1.29, 1.82) is 0 Å². The number of carbonyl (C=O) groups is 1. The van der Waals surface area contributed by atoms with Gasteiger partial charge in [0.1, 0.15) is 0 Å². The largest absolute Gasteiger partial charge is 0.307 e. The van der Waals surface area contributed by atoms with Crippen LogP contribution in [-0.4, -0.2) is 18.4 Å². The van der Waals surface area contributed by atoms with Gasteiger partial charge in [-0.2, -0.15) is 0 Å². The van der Waals surface area contributed by atoms with E-state index in [-0.39, 0.29) is 11.8 Å². The maximum atomic E-state index is 12.0. The SMILES string of the molecule is CCCCNC(C)C(=O)c1cccc(Cl)c1. The molecular formula is C13H18ClNO. The molecule has 0 saturated heterocycles. The summed E-state index contributed by atoms with van der Waals surface area (Å²) in [6, 6.07) is 6.93. The lowest BCUT2D eigenvalue weighted by Crippen LogP contribution is -2.34. The second-order valence-corrected chi connectivity index (χ2v) is 4.34. The van der Waals surface area contributed by atoms with E-state index in [4.69, 9.17) is 11.6 Å². The lowest BCUT2D eigenvalue weighted by atomic mass is 10.1. The highest BCUT2D eigenvalue weighted by molar-refractivity contribution is 6.31. The smallest absolute Gasteiger partial charge is 0.179 e. The van der Waals surface area contributed by atoms with Crippen molar-refractivity contribution in [3.63, 3.8) is 0 Å². The van der Waals surface area contributed by atoms with Gasteiger partial charge in [0.15, 0.2) is 5.78 Å². The first-order valence-electron chi connectivity index (χ1n) is 5.68. The molecule has 0 aliphatic carbocycles. The summed E-state index contributed by atoms with van der Waals surface area (Å²) >= 11 is 5.85. The van der Waals surface area contributed by atoms with Crippen LogP contribution in [0, 0.1) is 0 Å². The molecule has 0 heterocycles. The minimum Gasteiger partial charge on any atom is -0.307 e. The number of hydrogen-bond acceptors (Lipinski definition) is 2. The maximum Gasteiger partial charge on any atom is 0.179 e. The van der Waals surface area contributed by atoms with E-state index < -0.39 is 0 Å². The van der Waals surface area contributed by atoms with Crippen LogP contribution in [0.1, 0.15) is 37.0 Å². The van der Waals surface area contributed by atoms with Gasteiger partial charge in [0.05, 0.1) is 6.04 Å². The van der Waals surface area contributed by atoms with Gasteiger partial charge in [-0.05, 0) is 32.0 Å². The molecule has 0 aliphatic heterocycles. The molecule has 0 spiro atoms. The predicted octanol–water partition coefficient (Wildman–Crippen LogP) is 3.30. The number of halogens is 1. The second-order valence-electron chi connectivity index (χ2n) is 3.90. The Kier molecular flexibility index (Phi) is 5.50. The van der Waals surface area contributed by atoms with E-state index in [0.717, 1.165) is 19.4 Å². The Morgan fingerprint density at radius 2 is 2.25 bits per heavy atom. The highest BCUT2D eigenvalue weighted by Crippen LogP contribution is 2.12. The van der Waals surface area contributed by atoms with E-state index in [1.807, 2.05) is 6.92 Å². The summed E-state index contributed by atoms with van der Waals surface area (Å²) in [5, 5.41) is 3.81. The highest BCUT2D eigenvalue weighted by atomic mass is 35.5. The second kappa shape index (κ2) is 6.66. The molecule has 1 unspecified atom stereocenters. The van der Waals surface area contributed by atoms with Crippen molar-refractivity contribution in [1.82, 2.24) is 5.32 Å². The van der Waals surface area contributed by atoms with Gasteiger partial charge in [-0.15, -0.1) is 0 Å². The zero-order chi connectivity index (χ0) is 12.0. The van der Waals surface area contributed by atoms with Crippen molar-refractivity contribution in [2.45, 2.75) is 32.7 Å². The summed E-state index contributed by atoms with van der Waals surface area (Å²) in [4.78, 5) is 12.0. The van der Waals surface area contributed by atoms with Crippen LogP contribution in [0.3, 0.4) is 0 Å². The molecular weight excluding hydrogens is 222 g/mol. The fraction of sp³-hybridized carbons (Fsp3) is 0.462. The van der Waals surface area contributed by atoms with Crippen molar-refractivity contribution in [3.8, 4) is 0 Å². The molecule has 16 heavy (non-hydrogen) atoms. The molecule has 1 rings (SSSR count). The molecule has 0 radical (unpaired) electrons. The number of benzene rings is 1. The molecule has 3 heteroatoms. The maximum absolute atomic E-state index is 12.0. The minimum atomic E-state index is -0.148. The summed E-state index contributed by atoms with van der Waals surface area (Å²) in [7, 11) is 0. The molecule has 0 bridgehead atoms. The molecule has 1 N–H and O–H groups in total. The Morgan fingerprint density at radius 1 is 1.50 bits per heavy atom. The summed E-state index contributed by atoms with van der Waals surface area (Å²) in [6.45, 7) is 4.90. The van der Waals surface area contributed by atoms with Crippen molar-refractivity contribution in [3.05, 3.63) is 34.9 Å². The van der Waals surface area contributed by atoms with Crippen LogP contribution >= 0.6 is 11.6 Å². The van der Waals surface area contributed by atoms with Crippen LogP contribution in [0.5, 0.6) is 0 Å². The highest BCUT2D eigenvalue weighted by Gasteiger charge is 2.14. The van der Waals surface area contributed by atoms with Crippen molar-refractivity contribution in [2.24, 2.45) is 0 Å². The molecule has 2 nitrogen and oxygen atoms in total. The molecule has 88 valence electrons. The molecule has 0 amide bonds. The van der Waals surface area contributed by atoms with Crippen LogP contribution in [0.4, 0.5) is 0 Å². The molecule has 0 fully saturated rings. The zero-order valence-corrected chi connectivity index (χ0v) is 10.6. The lowest BCUT2D eigenvalue weighted by molar-refractivity contribution is 0.0951. The number of rotatable bonds is 6. The van der Waals surface area contributed by atoms with Crippen LogP contribution in [0.15, 0.2) is 24.3 Å². The normalized spacial score (nSPS) is 12.4. The average Bonchev–Trinajstić information content (AvgIpc) is 2.28. The first-order valence-corrected chi connectivity index (χ1v) is 6.06. The fourth-order valence-electron chi connectivity index (χ4n) is 1.48. The lowest BCUT2D eigenvalue weighted by Gasteiger charge is -2.12. The number of nitrogens with one attached hydrogen (secondary N) is 1. The zero-order valence-electron chi connectivity index (χ0n) is 9.79. The summed E-state index contributed by atoms with van der Waals surface area (Å²) in [6.07, 6.45) is 2.22. The average molecular weight is 240 g/mol. The molecule has 1 atom stereocenters. The van der Waals surface area contributed by atoms with E-state index >= 15 is 0 Å². The van der Waals surface area contributed by atoms with Crippen LogP contribution in [0.2, 0.25) is 5.02 Å².